The highest BCUT2D eigenvalue weighted by Gasteiger charge is 2.24. The average Bonchev–Trinajstić information content (AvgIpc) is 3.64. The number of benzene rings is 10. The summed E-state index contributed by atoms with van der Waals surface area (Å²) in [6.45, 7) is 0. The van der Waals surface area contributed by atoms with E-state index in [0.717, 1.165) is 17.1 Å². The van der Waals surface area contributed by atoms with E-state index in [1.807, 2.05) is 11.3 Å². The van der Waals surface area contributed by atoms with Crippen LogP contribution in [0.3, 0.4) is 0 Å². The molecule has 262 valence electrons. The van der Waals surface area contributed by atoms with Crippen LogP contribution in [0, 0.1) is 0 Å². The first kappa shape index (κ1) is 32.4. The molecule has 0 atom stereocenters. The molecule has 0 spiro atoms. The molecular weight excluding hydrogens is 695 g/mol. The van der Waals surface area contributed by atoms with E-state index < -0.39 is 0 Å². The van der Waals surface area contributed by atoms with Crippen molar-refractivity contribution in [1.82, 2.24) is 0 Å². The van der Waals surface area contributed by atoms with Crippen molar-refractivity contribution in [2.45, 2.75) is 0 Å². The molecule has 0 fully saturated rings. The average molecular weight is 730 g/mol. The quantitative estimate of drug-likeness (QED) is 0.165. The molecule has 10 aromatic carbocycles. The van der Waals surface area contributed by atoms with Gasteiger partial charge in [-0.15, -0.1) is 11.3 Å². The SMILES string of the molecule is c1ccc(-c2ccc(N(c3ccc4sc5ccccc5c4c3)c3ccc4ccccc4c3-c3ccc4ccccc4c3)c(-c3cccc4ccccc34)c2)cc1. The zero-order valence-electron chi connectivity index (χ0n) is 30.6. The summed E-state index contributed by atoms with van der Waals surface area (Å²) in [4.78, 5) is 2.52. The number of fused-ring (bicyclic) bond motifs is 6. The first-order chi connectivity index (χ1) is 27.8. The third kappa shape index (κ3) is 5.46. The van der Waals surface area contributed by atoms with Crippen LogP contribution in [-0.2, 0) is 0 Å². The standard InChI is InChI=1S/C54H35NS/c1-2-13-36(14-3-1)41-28-30-50(48(34-41)46-23-12-19-38-16-6-8-20-44(38)46)55(43-29-32-53-49(35-43)47-22-10-11-24-52(47)56-53)51-31-27-39-17-7-9-21-45(39)54(51)42-26-25-37-15-4-5-18-40(37)33-42/h1-35H. The van der Waals surface area contributed by atoms with Crippen LogP contribution in [0.25, 0.3) is 85.9 Å². The van der Waals surface area contributed by atoms with Crippen LogP contribution in [0.2, 0.25) is 0 Å². The molecule has 0 aliphatic rings. The molecule has 1 nitrogen and oxygen atoms in total. The molecule has 0 N–H and O–H groups in total. The third-order valence-electron chi connectivity index (χ3n) is 11.2. The lowest BCUT2D eigenvalue weighted by molar-refractivity contribution is 1.30. The van der Waals surface area contributed by atoms with Gasteiger partial charge >= 0.3 is 0 Å². The van der Waals surface area contributed by atoms with Crippen molar-refractivity contribution in [2.24, 2.45) is 0 Å². The van der Waals surface area contributed by atoms with E-state index in [9.17, 15) is 0 Å². The molecule has 11 aromatic rings. The number of nitrogens with zero attached hydrogens (tertiary/aromatic N) is 1. The second kappa shape index (κ2) is 13.4. The molecule has 0 unspecified atom stereocenters. The molecule has 0 bridgehead atoms. The van der Waals surface area contributed by atoms with Crippen molar-refractivity contribution in [3.8, 4) is 33.4 Å². The van der Waals surface area contributed by atoms with Crippen molar-refractivity contribution in [3.05, 3.63) is 212 Å². The molecule has 11 rings (SSSR count). The Kier molecular flexibility index (Phi) is 7.75. The monoisotopic (exact) mass is 729 g/mol. The summed E-state index contributed by atoms with van der Waals surface area (Å²) < 4.78 is 2.59. The van der Waals surface area contributed by atoms with E-state index in [2.05, 4.69) is 217 Å². The van der Waals surface area contributed by atoms with Gasteiger partial charge in [-0.2, -0.15) is 0 Å². The maximum absolute atomic E-state index is 2.52. The minimum atomic E-state index is 1.12. The summed E-state index contributed by atoms with van der Waals surface area (Å²) >= 11 is 1.86. The lowest BCUT2D eigenvalue weighted by Crippen LogP contribution is -2.13. The predicted octanol–water partition coefficient (Wildman–Crippen LogP) is 16.0. The fourth-order valence-corrected chi connectivity index (χ4v) is 9.66. The van der Waals surface area contributed by atoms with Crippen LogP contribution in [0.1, 0.15) is 0 Å². The van der Waals surface area contributed by atoms with Crippen molar-refractivity contribution in [2.75, 3.05) is 4.90 Å². The maximum Gasteiger partial charge on any atom is 0.0546 e. The number of thiophene rings is 1. The van der Waals surface area contributed by atoms with Gasteiger partial charge in [-0.05, 0) is 103 Å². The smallest absolute Gasteiger partial charge is 0.0546 e. The highest BCUT2D eigenvalue weighted by Crippen LogP contribution is 2.50. The number of hydrogen-bond acceptors (Lipinski definition) is 2. The van der Waals surface area contributed by atoms with E-state index in [1.54, 1.807) is 0 Å². The molecule has 56 heavy (non-hydrogen) atoms. The lowest BCUT2D eigenvalue weighted by atomic mass is 9.91. The van der Waals surface area contributed by atoms with Gasteiger partial charge in [-0.1, -0.05) is 164 Å². The maximum atomic E-state index is 2.52. The van der Waals surface area contributed by atoms with Crippen molar-refractivity contribution < 1.29 is 0 Å². The van der Waals surface area contributed by atoms with Crippen LogP contribution >= 0.6 is 11.3 Å². The molecule has 2 heteroatoms. The van der Waals surface area contributed by atoms with Gasteiger partial charge in [0.25, 0.3) is 0 Å². The first-order valence-corrected chi connectivity index (χ1v) is 20.0. The van der Waals surface area contributed by atoms with Crippen LogP contribution in [0.4, 0.5) is 17.1 Å². The summed E-state index contributed by atoms with van der Waals surface area (Å²) in [7, 11) is 0. The van der Waals surface area contributed by atoms with Crippen molar-refractivity contribution >= 4 is 80.9 Å². The van der Waals surface area contributed by atoms with Gasteiger partial charge in [0, 0.05) is 37.0 Å². The van der Waals surface area contributed by atoms with E-state index in [4.69, 9.17) is 0 Å². The molecular formula is C54H35NS. The highest BCUT2D eigenvalue weighted by molar-refractivity contribution is 7.25. The zero-order valence-corrected chi connectivity index (χ0v) is 31.4. The van der Waals surface area contributed by atoms with Gasteiger partial charge in [-0.3, -0.25) is 0 Å². The van der Waals surface area contributed by atoms with Crippen molar-refractivity contribution in [3.63, 3.8) is 0 Å². The zero-order chi connectivity index (χ0) is 37.0. The largest absolute Gasteiger partial charge is 0.309 e. The number of anilines is 3. The molecule has 0 amide bonds. The summed E-state index contributed by atoms with van der Waals surface area (Å²) in [5.41, 5.74) is 10.5. The van der Waals surface area contributed by atoms with Gasteiger partial charge in [0.15, 0.2) is 0 Å². The highest BCUT2D eigenvalue weighted by atomic mass is 32.1. The minimum absolute atomic E-state index is 1.12. The third-order valence-corrected chi connectivity index (χ3v) is 12.4. The fraction of sp³-hybridized carbons (Fsp3) is 0. The van der Waals surface area contributed by atoms with Gasteiger partial charge in [-0.25, -0.2) is 0 Å². The minimum Gasteiger partial charge on any atom is -0.309 e. The topological polar surface area (TPSA) is 3.24 Å². The van der Waals surface area contributed by atoms with Crippen LogP contribution < -0.4 is 4.90 Å². The molecule has 0 saturated carbocycles. The Bertz CT molecular complexity index is 3260. The molecule has 1 aromatic heterocycles. The normalized spacial score (nSPS) is 11.6. The van der Waals surface area contributed by atoms with Gasteiger partial charge in [0.2, 0.25) is 0 Å². The molecule has 0 aliphatic heterocycles. The van der Waals surface area contributed by atoms with Crippen molar-refractivity contribution in [1.29, 1.82) is 0 Å². The molecule has 1 heterocycles. The Morgan fingerprint density at radius 2 is 0.929 bits per heavy atom. The van der Waals surface area contributed by atoms with Crippen LogP contribution in [0.5, 0.6) is 0 Å². The van der Waals surface area contributed by atoms with E-state index in [1.165, 1.54) is 85.9 Å². The first-order valence-electron chi connectivity index (χ1n) is 19.2. The number of rotatable bonds is 6. The Balaban J connectivity index is 1.26. The fourth-order valence-electron chi connectivity index (χ4n) is 8.57. The van der Waals surface area contributed by atoms with E-state index >= 15 is 0 Å². The summed E-state index contributed by atoms with van der Waals surface area (Å²) in [5.74, 6) is 0. The van der Waals surface area contributed by atoms with Gasteiger partial charge in [0.1, 0.15) is 0 Å². The van der Waals surface area contributed by atoms with Gasteiger partial charge in [0.05, 0.1) is 11.4 Å². The number of hydrogen-bond donors (Lipinski definition) is 0. The summed E-state index contributed by atoms with van der Waals surface area (Å²) in [6, 6.07) is 78.1. The Labute approximate surface area is 330 Å². The predicted molar refractivity (Wildman–Crippen MR) is 243 cm³/mol. The summed E-state index contributed by atoms with van der Waals surface area (Å²) in [6.07, 6.45) is 0. The van der Waals surface area contributed by atoms with Gasteiger partial charge < -0.3 is 4.90 Å². The second-order valence-corrected chi connectivity index (χ2v) is 15.6. The summed E-state index contributed by atoms with van der Waals surface area (Å²) in [5, 5.41) is 9.91. The van der Waals surface area contributed by atoms with E-state index in [-0.39, 0.29) is 0 Å². The van der Waals surface area contributed by atoms with Crippen LogP contribution in [-0.4, -0.2) is 0 Å². The van der Waals surface area contributed by atoms with E-state index in [0.29, 0.717) is 0 Å². The van der Waals surface area contributed by atoms with Crippen LogP contribution in [0.15, 0.2) is 212 Å². The molecule has 0 radical (unpaired) electrons. The Morgan fingerprint density at radius 1 is 0.304 bits per heavy atom. The Hall–Kier alpha value is -7.00. The Morgan fingerprint density at radius 3 is 1.79 bits per heavy atom. The second-order valence-electron chi connectivity index (χ2n) is 14.5. The molecule has 0 saturated heterocycles. The lowest BCUT2D eigenvalue weighted by Gasteiger charge is -2.31. The molecule has 0 aliphatic carbocycles.